The molecule has 0 aliphatic heterocycles. The number of carbonyl (C=O) groups is 1. The van der Waals surface area contributed by atoms with Gasteiger partial charge in [-0.2, -0.15) is 0 Å². The number of anilines is 1. The van der Waals surface area contributed by atoms with Crippen molar-refractivity contribution in [1.29, 1.82) is 0 Å². The van der Waals surface area contributed by atoms with E-state index >= 15 is 0 Å². The quantitative estimate of drug-likeness (QED) is 0.265. The molecule has 0 aliphatic carbocycles. The molecule has 0 saturated carbocycles. The van der Waals surface area contributed by atoms with Crippen LogP contribution in [0.25, 0.3) is 22.1 Å². The zero-order valence-corrected chi connectivity index (χ0v) is 19.1. The predicted octanol–water partition coefficient (Wildman–Crippen LogP) is 5.37. The molecule has 1 amide bonds. The first-order valence-corrected chi connectivity index (χ1v) is 11.6. The van der Waals surface area contributed by atoms with E-state index in [2.05, 4.69) is 5.32 Å². The van der Waals surface area contributed by atoms with Crippen molar-refractivity contribution in [3.63, 3.8) is 0 Å². The molecule has 1 N–H and O–H groups in total. The van der Waals surface area contributed by atoms with Crippen molar-refractivity contribution >= 4 is 45.4 Å². The molecule has 2 aromatic heterocycles. The van der Waals surface area contributed by atoms with Gasteiger partial charge in [-0.25, -0.2) is 9.37 Å². The van der Waals surface area contributed by atoms with Gasteiger partial charge in [-0.3, -0.25) is 14.2 Å². The topological polar surface area (TPSA) is 77.1 Å². The number of hydrogen-bond donors (Lipinski definition) is 1. The fraction of sp³-hybridized carbons (Fsp3) is 0.115. The lowest BCUT2D eigenvalue weighted by atomic mass is 10.1. The summed E-state index contributed by atoms with van der Waals surface area (Å²) in [6.07, 6.45) is 0. The van der Waals surface area contributed by atoms with Crippen LogP contribution in [0, 0.1) is 12.7 Å². The third kappa shape index (κ3) is 4.32. The standard InChI is InChI=1S/C26H20FN3O3S/c1-16-10-12-17(13-11-16)14-30-25(32)24-23(18-6-2-5-9-21(18)33-24)29-26(30)34-15-22(31)28-20-8-4-3-7-19(20)27/h2-13H,14-15H2,1H3,(H,28,31). The highest BCUT2D eigenvalue weighted by atomic mass is 32.2. The van der Waals surface area contributed by atoms with Gasteiger partial charge >= 0.3 is 0 Å². The molecule has 0 atom stereocenters. The number of halogens is 1. The van der Waals surface area contributed by atoms with Gasteiger partial charge in [0.15, 0.2) is 5.16 Å². The number of nitrogens with zero attached hydrogens (tertiary/aromatic N) is 2. The Bertz CT molecular complexity index is 1570. The highest BCUT2D eigenvalue weighted by Gasteiger charge is 2.19. The third-order valence-corrected chi connectivity index (χ3v) is 6.37. The van der Waals surface area contributed by atoms with Gasteiger partial charge in [0, 0.05) is 5.39 Å². The van der Waals surface area contributed by atoms with Crippen LogP contribution in [0.5, 0.6) is 0 Å². The maximum atomic E-state index is 13.9. The zero-order chi connectivity index (χ0) is 23.7. The van der Waals surface area contributed by atoms with Gasteiger partial charge < -0.3 is 9.73 Å². The van der Waals surface area contributed by atoms with E-state index in [-0.39, 0.29) is 29.1 Å². The van der Waals surface area contributed by atoms with Gasteiger partial charge in [-0.1, -0.05) is 65.9 Å². The van der Waals surface area contributed by atoms with E-state index in [1.807, 2.05) is 49.4 Å². The number of carbonyl (C=O) groups excluding carboxylic acids is 1. The molecule has 0 aliphatic rings. The van der Waals surface area contributed by atoms with E-state index in [9.17, 15) is 14.0 Å². The Kier molecular flexibility index (Phi) is 5.90. The number of amides is 1. The second-order valence-electron chi connectivity index (χ2n) is 7.86. The SMILES string of the molecule is Cc1ccc(Cn2c(SCC(=O)Nc3ccccc3F)nc3c(oc4ccccc43)c2=O)cc1. The van der Waals surface area contributed by atoms with E-state index in [4.69, 9.17) is 9.40 Å². The Morgan fingerprint density at radius 3 is 2.59 bits per heavy atom. The summed E-state index contributed by atoms with van der Waals surface area (Å²) in [6.45, 7) is 2.27. The number of rotatable bonds is 6. The van der Waals surface area contributed by atoms with Gasteiger partial charge in [-0.05, 0) is 36.8 Å². The average molecular weight is 474 g/mol. The molecule has 0 saturated heterocycles. The summed E-state index contributed by atoms with van der Waals surface area (Å²) in [5.41, 5.74) is 3.02. The molecule has 170 valence electrons. The minimum Gasteiger partial charge on any atom is -0.448 e. The molecule has 0 spiro atoms. The third-order valence-electron chi connectivity index (χ3n) is 5.39. The number of para-hydroxylation sites is 2. The van der Waals surface area contributed by atoms with Crippen LogP contribution in [0.3, 0.4) is 0 Å². The smallest absolute Gasteiger partial charge is 0.298 e. The number of nitrogens with one attached hydrogen (secondary N) is 1. The van der Waals surface area contributed by atoms with E-state index in [0.29, 0.717) is 16.3 Å². The lowest BCUT2D eigenvalue weighted by molar-refractivity contribution is -0.113. The highest BCUT2D eigenvalue weighted by molar-refractivity contribution is 7.99. The maximum Gasteiger partial charge on any atom is 0.298 e. The predicted molar refractivity (Wildman–Crippen MR) is 132 cm³/mol. The first-order chi connectivity index (χ1) is 16.5. The number of aryl methyl sites for hydroxylation is 1. The fourth-order valence-electron chi connectivity index (χ4n) is 3.66. The lowest BCUT2D eigenvalue weighted by Gasteiger charge is -2.12. The summed E-state index contributed by atoms with van der Waals surface area (Å²) in [7, 11) is 0. The zero-order valence-electron chi connectivity index (χ0n) is 18.2. The van der Waals surface area contributed by atoms with Crippen molar-refractivity contribution in [1.82, 2.24) is 9.55 Å². The molecule has 6 nitrogen and oxygen atoms in total. The second-order valence-corrected chi connectivity index (χ2v) is 8.81. The van der Waals surface area contributed by atoms with Crippen LogP contribution in [-0.4, -0.2) is 21.2 Å². The van der Waals surface area contributed by atoms with Crippen LogP contribution < -0.4 is 10.9 Å². The average Bonchev–Trinajstić information content (AvgIpc) is 3.21. The summed E-state index contributed by atoms with van der Waals surface area (Å²) in [5.74, 6) is -0.958. The number of benzene rings is 3. The Balaban J connectivity index is 1.51. The molecule has 2 heterocycles. The number of hydrogen-bond acceptors (Lipinski definition) is 5. The van der Waals surface area contributed by atoms with E-state index < -0.39 is 11.7 Å². The number of aromatic nitrogens is 2. The summed E-state index contributed by atoms with van der Waals surface area (Å²) >= 11 is 1.12. The van der Waals surface area contributed by atoms with Crippen molar-refractivity contribution in [2.75, 3.05) is 11.1 Å². The summed E-state index contributed by atoms with van der Waals surface area (Å²) in [5, 5.41) is 3.68. The molecule has 5 rings (SSSR count). The first-order valence-electron chi connectivity index (χ1n) is 10.6. The van der Waals surface area contributed by atoms with Gasteiger partial charge in [0.1, 0.15) is 16.9 Å². The molecule has 34 heavy (non-hydrogen) atoms. The molecule has 0 fully saturated rings. The molecular weight excluding hydrogens is 453 g/mol. The Hall–Kier alpha value is -3.91. The minimum absolute atomic E-state index is 0.0457. The van der Waals surface area contributed by atoms with Gasteiger partial charge in [0.25, 0.3) is 5.56 Å². The van der Waals surface area contributed by atoms with Crippen molar-refractivity contribution in [3.8, 4) is 0 Å². The van der Waals surface area contributed by atoms with Gasteiger partial charge in [-0.15, -0.1) is 0 Å². The molecular formula is C26H20FN3O3S. The first kappa shape index (κ1) is 21.9. The van der Waals surface area contributed by atoms with Crippen LogP contribution >= 0.6 is 11.8 Å². The fourth-order valence-corrected chi connectivity index (χ4v) is 4.45. The van der Waals surface area contributed by atoms with Crippen molar-refractivity contribution in [3.05, 3.63) is 100 Å². The molecule has 0 bridgehead atoms. The largest absolute Gasteiger partial charge is 0.448 e. The Morgan fingerprint density at radius 1 is 1.06 bits per heavy atom. The monoisotopic (exact) mass is 473 g/mol. The van der Waals surface area contributed by atoms with Crippen molar-refractivity contribution in [2.24, 2.45) is 0 Å². The normalized spacial score (nSPS) is 11.2. The maximum absolute atomic E-state index is 13.9. The Labute approximate surface area is 198 Å². The molecule has 5 aromatic rings. The van der Waals surface area contributed by atoms with Crippen LogP contribution in [0.2, 0.25) is 0 Å². The van der Waals surface area contributed by atoms with Crippen LogP contribution in [0.1, 0.15) is 11.1 Å². The summed E-state index contributed by atoms with van der Waals surface area (Å²) < 4.78 is 21.2. The summed E-state index contributed by atoms with van der Waals surface area (Å²) in [6, 6.07) is 21.1. The molecule has 3 aromatic carbocycles. The summed E-state index contributed by atoms with van der Waals surface area (Å²) in [4.78, 5) is 30.7. The lowest BCUT2D eigenvalue weighted by Crippen LogP contribution is -2.24. The van der Waals surface area contributed by atoms with Crippen LogP contribution in [0.15, 0.2) is 87.2 Å². The minimum atomic E-state index is -0.512. The van der Waals surface area contributed by atoms with Gasteiger partial charge in [0.05, 0.1) is 18.0 Å². The molecule has 0 radical (unpaired) electrons. The van der Waals surface area contributed by atoms with E-state index in [1.54, 1.807) is 18.2 Å². The van der Waals surface area contributed by atoms with Crippen LogP contribution in [-0.2, 0) is 11.3 Å². The number of furan rings is 1. The highest BCUT2D eigenvalue weighted by Crippen LogP contribution is 2.27. The second kappa shape index (κ2) is 9.15. The van der Waals surface area contributed by atoms with Crippen LogP contribution in [0.4, 0.5) is 10.1 Å². The molecule has 0 unspecified atom stereocenters. The van der Waals surface area contributed by atoms with Crippen molar-refractivity contribution in [2.45, 2.75) is 18.6 Å². The van der Waals surface area contributed by atoms with Gasteiger partial charge in [0.2, 0.25) is 11.5 Å². The number of fused-ring (bicyclic) bond motifs is 3. The Morgan fingerprint density at radius 2 is 1.79 bits per heavy atom. The molecule has 8 heteroatoms. The van der Waals surface area contributed by atoms with E-state index in [1.165, 1.54) is 16.7 Å². The van der Waals surface area contributed by atoms with E-state index in [0.717, 1.165) is 28.3 Å². The number of thioether (sulfide) groups is 1. The van der Waals surface area contributed by atoms with Crippen molar-refractivity contribution < 1.29 is 13.6 Å².